The minimum absolute atomic E-state index is 0.569. The van der Waals surface area contributed by atoms with Crippen LogP contribution in [0.2, 0.25) is 0 Å². The quantitative estimate of drug-likeness (QED) is 0.863. The van der Waals surface area contributed by atoms with E-state index >= 15 is 0 Å². The monoisotopic (exact) mass is 315 g/mol. The first-order valence-electron chi connectivity index (χ1n) is 5.24. The zero-order valence-corrected chi connectivity index (χ0v) is 12.4. The van der Waals surface area contributed by atoms with Crippen molar-refractivity contribution in [1.29, 1.82) is 0 Å². The summed E-state index contributed by atoms with van der Waals surface area (Å²) in [4.78, 5) is 6.20. The molecule has 2 rings (SSSR count). The molecule has 0 saturated carbocycles. The van der Waals surface area contributed by atoms with Crippen molar-refractivity contribution in [2.75, 3.05) is 13.7 Å². The van der Waals surface area contributed by atoms with Crippen molar-refractivity contribution < 1.29 is 9.57 Å². The largest absolute Gasteiger partial charge is 0.488 e. The lowest BCUT2D eigenvalue weighted by molar-refractivity contribution is 0.135. The highest BCUT2D eigenvalue weighted by atomic mass is 79.9. The van der Waals surface area contributed by atoms with Crippen molar-refractivity contribution in [3.05, 3.63) is 28.8 Å². The number of hydrogen-bond donors (Lipinski definition) is 1. The van der Waals surface area contributed by atoms with Crippen LogP contribution in [0.15, 0.2) is 17.0 Å². The molecule has 0 aromatic heterocycles. The molecular weight excluding hydrogens is 302 g/mol. The maximum Gasteiger partial charge on any atom is 0.132 e. The van der Waals surface area contributed by atoms with Gasteiger partial charge in [-0.15, -0.1) is 0 Å². The van der Waals surface area contributed by atoms with Crippen molar-refractivity contribution in [3.63, 3.8) is 0 Å². The summed E-state index contributed by atoms with van der Waals surface area (Å²) >= 11 is 3.43. The normalized spacial score (nSPS) is 13.8. The second-order valence-corrected chi connectivity index (χ2v) is 5.40. The Morgan fingerprint density at radius 1 is 1.47 bits per heavy atom. The lowest BCUT2D eigenvalue weighted by Gasteiger charge is -2.23. The number of ether oxygens (including phenoxy) is 1. The second-order valence-electron chi connectivity index (χ2n) is 3.83. The summed E-state index contributed by atoms with van der Waals surface area (Å²) in [6.07, 6.45) is 1.99. The zero-order chi connectivity index (χ0) is 12.4. The molecule has 1 heterocycles. The number of benzene rings is 1. The van der Waals surface area contributed by atoms with Gasteiger partial charge in [-0.3, -0.25) is 10.3 Å². The van der Waals surface area contributed by atoms with Gasteiger partial charge in [0.2, 0.25) is 0 Å². The maximum absolute atomic E-state index is 5.71. The molecule has 0 spiro atoms. The molecule has 1 N–H and O–H groups in total. The molecule has 0 aliphatic carbocycles. The summed E-state index contributed by atoms with van der Waals surface area (Å²) in [7, 11) is 3.18. The van der Waals surface area contributed by atoms with Crippen LogP contribution in [-0.2, 0) is 4.84 Å². The van der Waals surface area contributed by atoms with Gasteiger partial charge in [-0.05, 0) is 62.1 Å². The summed E-state index contributed by atoms with van der Waals surface area (Å²) in [6, 6.07) is 2.13. The van der Waals surface area contributed by atoms with Gasteiger partial charge in [0, 0.05) is 10.5 Å². The standard InChI is InChI=1S/C12H14BrNO2S/c1-7-6-10(17-13)8(2)11-9(14-15-3)4-5-16-12(7)11/h4,6,14H,5H2,1-3H3. The Hall–Kier alpha value is -0.650. The van der Waals surface area contributed by atoms with E-state index in [4.69, 9.17) is 9.57 Å². The van der Waals surface area contributed by atoms with Gasteiger partial charge >= 0.3 is 0 Å². The number of fused-ring (bicyclic) bond motifs is 1. The van der Waals surface area contributed by atoms with E-state index < -0.39 is 0 Å². The smallest absolute Gasteiger partial charge is 0.132 e. The fourth-order valence-corrected chi connectivity index (χ4v) is 3.41. The topological polar surface area (TPSA) is 30.5 Å². The first-order chi connectivity index (χ1) is 8.19. The Morgan fingerprint density at radius 3 is 2.88 bits per heavy atom. The Morgan fingerprint density at radius 2 is 2.24 bits per heavy atom. The van der Waals surface area contributed by atoms with Gasteiger partial charge in [-0.1, -0.05) is 0 Å². The van der Waals surface area contributed by atoms with Crippen LogP contribution < -0.4 is 10.2 Å². The molecule has 0 atom stereocenters. The van der Waals surface area contributed by atoms with Crippen molar-refractivity contribution in [2.45, 2.75) is 18.7 Å². The van der Waals surface area contributed by atoms with E-state index in [1.165, 1.54) is 10.5 Å². The van der Waals surface area contributed by atoms with E-state index in [0.717, 1.165) is 22.6 Å². The summed E-state index contributed by atoms with van der Waals surface area (Å²) in [5.74, 6) is 0.940. The van der Waals surface area contributed by atoms with Gasteiger partial charge in [0.15, 0.2) is 0 Å². The first kappa shape index (κ1) is 12.8. The number of nitrogens with one attached hydrogen (secondary N) is 1. The van der Waals surface area contributed by atoms with Crippen LogP contribution in [0, 0.1) is 13.8 Å². The van der Waals surface area contributed by atoms with Gasteiger partial charge < -0.3 is 4.74 Å². The summed E-state index contributed by atoms with van der Waals surface area (Å²) in [5.41, 5.74) is 7.29. The molecule has 0 bridgehead atoms. The Balaban J connectivity index is 2.60. The van der Waals surface area contributed by atoms with E-state index in [0.29, 0.717) is 6.61 Å². The SMILES string of the molecule is CONC1=CCOc2c(C)cc(SBr)c(C)c21. The first-order valence-corrected chi connectivity index (χ1v) is 7.90. The Kier molecular flexibility index (Phi) is 4.01. The molecule has 1 aromatic carbocycles. The maximum atomic E-state index is 5.71. The Bertz CT molecular complexity index is 474. The Labute approximate surface area is 113 Å². The predicted molar refractivity (Wildman–Crippen MR) is 74.3 cm³/mol. The summed E-state index contributed by atoms with van der Waals surface area (Å²) < 4.78 is 5.71. The highest BCUT2D eigenvalue weighted by Crippen LogP contribution is 2.40. The van der Waals surface area contributed by atoms with Crippen LogP contribution >= 0.6 is 25.0 Å². The molecular formula is C12H14BrNO2S. The van der Waals surface area contributed by atoms with Crippen molar-refractivity contribution >= 4 is 30.7 Å². The lowest BCUT2D eigenvalue weighted by Crippen LogP contribution is -2.18. The average molecular weight is 316 g/mol. The fraction of sp³-hybridized carbons (Fsp3) is 0.333. The zero-order valence-electron chi connectivity index (χ0n) is 9.96. The molecule has 5 heteroatoms. The lowest BCUT2D eigenvalue weighted by atomic mass is 9.99. The predicted octanol–water partition coefficient (Wildman–Crippen LogP) is 3.59. The third-order valence-electron chi connectivity index (χ3n) is 2.76. The van der Waals surface area contributed by atoms with E-state index in [1.807, 2.05) is 6.08 Å². The molecule has 3 nitrogen and oxygen atoms in total. The number of rotatable bonds is 3. The molecule has 0 radical (unpaired) electrons. The van der Waals surface area contributed by atoms with Gasteiger partial charge in [-0.25, -0.2) is 0 Å². The van der Waals surface area contributed by atoms with E-state index in [-0.39, 0.29) is 0 Å². The van der Waals surface area contributed by atoms with Gasteiger partial charge in [0.1, 0.15) is 12.4 Å². The molecule has 92 valence electrons. The molecule has 0 unspecified atom stereocenters. The number of hydrogen-bond acceptors (Lipinski definition) is 4. The molecule has 1 aliphatic rings. The second kappa shape index (κ2) is 5.33. The molecule has 1 aliphatic heterocycles. The summed E-state index contributed by atoms with van der Waals surface area (Å²) in [6.45, 7) is 4.71. The molecule has 1 aromatic rings. The van der Waals surface area contributed by atoms with Crippen LogP contribution in [0.25, 0.3) is 5.70 Å². The third-order valence-corrected chi connectivity index (χ3v) is 4.39. The van der Waals surface area contributed by atoms with Gasteiger partial charge in [0.25, 0.3) is 0 Å². The van der Waals surface area contributed by atoms with Gasteiger partial charge in [0.05, 0.1) is 12.8 Å². The molecule has 0 saturated heterocycles. The minimum atomic E-state index is 0.569. The summed E-state index contributed by atoms with van der Waals surface area (Å²) in [5, 5.41) is 0. The van der Waals surface area contributed by atoms with Crippen molar-refractivity contribution in [3.8, 4) is 5.75 Å². The van der Waals surface area contributed by atoms with Crippen LogP contribution in [-0.4, -0.2) is 13.7 Å². The van der Waals surface area contributed by atoms with Crippen LogP contribution in [0.5, 0.6) is 5.75 Å². The number of aryl methyl sites for hydroxylation is 1. The van der Waals surface area contributed by atoms with E-state index in [1.54, 1.807) is 17.3 Å². The molecule has 0 fully saturated rings. The van der Waals surface area contributed by atoms with Crippen LogP contribution in [0.1, 0.15) is 16.7 Å². The number of halogens is 1. The van der Waals surface area contributed by atoms with E-state index in [2.05, 4.69) is 40.2 Å². The minimum Gasteiger partial charge on any atom is -0.488 e. The number of hydroxylamine groups is 1. The highest BCUT2D eigenvalue weighted by Gasteiger charge is 2.21. The molecule has 17 heavy (non-hydrogen) atoms. The molecule has 0 amide bonds. The van der Waals surface area contributed by atoms with Crippen molar-refractivity contribution in [1.82, 2.24) is 5.48 Å². The van der Waals surface area contributed by atoms with Crippen LogP contribution in [0.3, 0.4) is 0 Å². The average Bonchev–Trinajstić information content (AvgIpc) is 2.34. The van der Waals surface area contributed by atoms with Crippen molar-refractivity contribution in [2.24, 2.45) is 0 Å². The highest BCUT2D eigenvalue weighted by molar-refractivity contribution is 9.50. The van der Waals surface area contributed by atoms with Gasteiger partial charge in [-0.2, -0.15) is 0 Å². The van der Waals surface area contributed by atoms with E-state index in [9.17, 15) is 0 Å². The third kappa shape index (κ3) is 2.32. The fourth-order valence-electron chi connectivity index (χ4n) is 1.96. The van der Waals surface area contributed by atoms with Crippen LogP contribution in [0.4, 0.5) is 0 Å².